The van der Waals surface area contributed by atoms with E-state index in [1.54, 1.807) is 6.92 Å². The Kier molecular flexibility index (Phi) is 4.23. The van der Waals surface area contributed by atoms with Gasteiger partial charge in [0.25, 0.3) is 0 Å². The lowest BCUT2D eigenvalue weighted by molar-refractivity contribution is 0.175. The summed E-state index contributed by atoms with van der Waals surface area (Å²) in [5.74, 6) is 0.190. The molecule has 0 heterocycles. The Labute approximate surface area is 93.3 Å². The fourth-order valence-corrected chi connectivity index (χ4v) is 1.78. The van der Waals surface area contributed by atoms with E-state index in [0.29, 0.717) is 28.3 Å². The van der Waals surface area contributed by atoms with Crippen molar-refractivity contribution in [3.05, 3.63) is 34.1 Å². The number of halogens is 2. The summed E-state index contributed by atoms with van der Waals surface area (Å²) in [5.41, 5.74) is 0.917. The van der Waals surface area contributed by atoms with Crippen LogP contribution in [-0.4, -0.2) is 10.9 Å². The Morgan fingerprint density at radius 2 is 2.21 bits per heavy atom. The highest BCUT2D eigenvalue weighted by molar-refractivity contribution is 7.80. The second-order valence-corrected chi connectivity index (χ2v) is 4.01. The van der Waals surface area contributed by atoms with Crippen LogP contribution in [0.2, 0.25) is 5.02 Å². The molecule has 78 valence electrons. The van der Waals surface area contributed by atoms with Crippen molar-refractivity contribution in [3.63, 3.8) is 0 Å². The molecular formula is C10H12ClFOS. The van der Waals surface area contributed by atoms with Crippen LogP contribution in [0.15, 0.2) is 12.1 Å². The monoisotopic (exact) mass is 234 g/mol. The molecule has 0 bridgehead atoms. The van der Waals surface area contributed by atoms with Crippen LogP contribution in [0, 0.1) is 12.7 Å². The molecule has 0 radical (unpaired) electrons. The number of thiol groups is 1. The van der Waals surface area contributed by atoms with Gasteiger partial charge in [0.15, 0.2) is 0 Å². The molecule has 0 aromatic heterocycles. The van der Waals surface area contributed by atoms with Gasteiger partial charge in [-0.15, -0.1) is 0 Å². The van der Waals surface area contributed by atoms with Gasteiger partial charge in [0.1, 0.15) is 5.82 Å². The Bertz CT molecular complexity index is 330. The van der Waals surface area contributed by atoms with Gasteiger partial charge in [-0.1, -0.05) is 11.6 Å². The average molecular weight is 235 g/mol. The lowest BCUT2D eigenvalue weighted by Crippen LogP contribution is -2.00. The molecule has 0 aliphatic heterocycles. The molecule has 0 aliphatic carbocycles. The van der Waals surface area contributed by atoms with E-state index in [1.165, 1.54) is 12.1 Å². The molecule has 0 spiro atoms. The molecule has 1 aromatic carbocycles. The quantitative estimate of drug-likeness (QED) is 0.770. The van der Waals surface area contributed by atoms with E-state index in [9.17, 15) is 9.50 Å². The Morgan fingerprint density at radius 1 is 1.57 bits per heavy atom. The molecular weight excluding hydrogens is 223 g/mol. The van der Waals surface area contributed by atoms with Crippen molar-refractivity contribution in [2.75, 3.05) is 5.75 Å². The summed E-state index contributed by atoms with van der Waals surface area (Å²) in [5, 5.41) is 10.0. The van der Waals surface area contributed by atoms with Crippen molar-refractivity contribution in [2.45, 2.75) is 19.4 Å². The first-order chi connectivity index (χ1) is 6.56. The number of hydrogen-bond donors (Lipinski definition) is 2. The molecule has 1 unspecified atom stereocenters. The van der Waals surface area contributed by atoms with Gasteiger partial charge in [-0.05, 0) is 36.8 Å². The second kappa shape index (κ2) is 5.01. The van der Waals surface area contributed by atoms with Crippen molar-refractivity contribution in [2.24, 2.45) is 0 Å². The van der Waals surface area contributed by atoms with Crippen LogP contribution < -0.4 is 0 Å². The second-order valence-electron chi connectivity index (χ2n) is 3.15. The van der Waals surface area contributed by atoms with Crippen molar-refractivity contribution in [1.29, 1.82) is 0 Å². The molecule has 1 aromatic rings. The molecule has 1 nitrogen and oxygen atoms in total. The normalized spacial score (nSPS) is 12.9. The van der Waals surface area contributed by atoms with E-state index in [1.807, 2.05) is 0 Å². The highest BCUT2D eigenvalue weighted by Crippen LogP contribution is 2.27. The fraction of sp³-hybridized carbons (Fsp3) is 0.400. The standard InChI is InChI=1S/C10H12ClFOS/c1-6-4-8(11)7(5-9(6)12)10(13)2-3-14/h4-5,10,13-14H,2-3H2,1H3. The Hall–Kier alpha value is -0.250. The summed E-state index contributed by atoms with van der Waals surface area (Å²) >= 11 is 9.87. The van der Waals surface area contributed by atoms with Crippen LogP contribution in [0.5, 0.6) is 0 Å². The van der Waals surface area contributed by atoms with Crippen molar-refractivity contribution < 1.29 is 9.50 Å². The van der Waals surface area contributed by atoms with Gasteiger partial charge < -0.3 is 5.11 Å². The molecule has 1 rings (SSSR count). The smallest absolute Gasteiger partial charge is 0.126 e. The molecule has 14 heavy (non-hydrogen) atoms. The number of aliphatic hydroxyl groups is 1. The summed E-state index contributed by atoms with van der Waals surface area (Å²) in [6, 6.07) is 2.81. The highest BCUT2D eigenvalue weighted by atomic mass is 35.5. The summed E-state index contributed by atoms with van der Waals surface area (Å²) < 4.78 is 13.2. The summed E-state index contributed by atoms with van der Waals surface area (Å²) in [7, 11) is 0. The first-order valence-corrected chi connectivity index (χ1v) is 5.31. The molecule has 4 heteroatoms. The minimum atomic E-state index is -0.741. The van der Waals surface area contributed by atoms with E-state index in [0.717, 1.165) is 0 Å². The zero-order valence-corrected chi connectivity index (χ0v) is 9.45. The molecule has 0 amide bonds. The third kappa shape index (κ3) is 2.62. The van der Waals surface area contributed by atoms with E-state index >= 15 is 0 Å². The number of aryl methyl sites for hydroxylation is 1. The number of hydrogen-bond acceptors (Lipinski definition) is 2. The third-order valence-corrected chi connectivity index (χ3v) is 2.63. The molecule has 0 saturated carbocycles. The van der Waals surface area contributed by atoms with Gasteiger partial charge >= 0.3 is 0 Å². The zero-order valence-electron chi connectivity index (χ0n) is 7.80. The Balaban J connectivity index is 3.02. The number of benzene rings is 1. The number of aliphatic hydroxyl groups excluding tert-OH is 1. The molecule has 0 aliphatic rings. The Morgan fingerprint density at radius 3 is 2.79 bits per heavy atom. The van der Waals surface area contributed by atoms with E-state index < -0.39 is 6.10 Å². The van der Waals surface area contributed by atoms with Crippen LogP contribution in [0.4, 0.5) is 4.39 Å². The van der Waals surface area contributed by atoms with E-state index in [-0.39, 0.29) is 5.82 Å². The average Bonchev–Trinajstić information content (AvgIpc) is 2.11. The molecule has 0 saturated heterocycles. The SMILES string of the molecule is Cc1cc(Cl)c(C(O)CCS)cc1F. The summed E-state index contributed by atoms with van der Waals surface area (Å²) in [4.78, 5) is 0. The lowest BCUT2D eigenvalue weighted by atomic mass is 10.1. The highest BCUT2D eigenvalue weighted by Gasteiger charge is 2.13. The first-order valence-electron chi connectivity index (χ1n) is 4.30. The van der Waals surface area contributed by atoms with Crippen LogP contribution >= 0.6 is 24.2 Å². The predicted octanol–water partition coefficient (Wildman–Crippen LogP) is 3.14. The maximum Gasteiger partial charge on any atom is 0.126 e. The first kappa shape index (κ1) is 11.8. The van der Waals surface area contributed by atoms with Crippen LogP contribution in [-0.2, 0) is 0 Å². The largest absolute Gasteiger partial charge is 0.388 e. The van der Waals surface area contributed by atoms with E-state index in [2.05, 4.69) is 12.6 Å². The summed E-state index contributed by atoms with van der Waals surface area (Å²) in [6.45, 7) is 1.63. The minimum absolute atomic E-state index is 0.345. The molecule has 1 N–H and O–H groups in total. The van der Waals surface area contributed by atoms with Crippen LogP contribution in [0.1, 0.15) is 23.7 Å². The predicted molar refractivity (Wildman–Crippen MR) is 59.6 cm³/mol. The van der Waals surface area contributed by atoms with Gasteiger partial charge in [0, 0.05) is 10.6 Å². The maximum atomic E-state index is 13.2. The maximum absolute atomic E-state index is 13.2. The van der Waals surface area contributed by atoms with Crippen molar-refractivity contribution >= 4 is 24.2 Å². The fourth-order valence-electron chi connectivity index (χ4n) is 1.19. The third-order valence-electron chi connectivity index (χ3n) is 2.04. The summed E-state index contributed by atoms with van der Waals surface area (Å²) in [6.07, 6.45) is -0.277. The zero-order chi connectivity index (χ0) is 10.7. The van der Waals surface area contributed by atoms with Gasteiger partial charge in [-0.2, -0.15) is 12.6 Å². The van der Waals surface area contributed by atoms with Crippen molar-refractivity contribution in [3.8, 4) is 0 Å². The van der Waals surface area contributed by atoms with Gasteiger partial charge in [-0.3, -0.25) is 0 Å². The van der Waals surface area contributed by atoms with Crippen LogP contribution in [0.3, 0.4) is 0 Å². The minimum Gasteiger partial charge on any atom is -0.388 e. The number of rotatable bonds is 3. The molecule has 0 fully saturated rings. The van der Waals surface area contributed by atoms with Crippen molar-refractivity contribution in [1.82, 2.24) is 0 Å². The van der Waals surface area contributed by atoms with E-state index in [4.69, 9.17) is 11.6 Å². The van der Waals surface area contributed by atoms with Crippen LogP contribution in [0.25, 0.3) is 0 Å². The lowest BCUT2D eigenvalue weighted by Gasteiger charge is -2.12. The topological polar surface area (TPSA) is 20.2 Å². The van der Waals surface area contributed by atoms with Gasteiger partial charge in [0.05, 0.1) is 6.10 Å². The molecule has 1 atom stereocenters. The van der Waals surface area contributed by atoms with Gasteiger partial charge in [0.2, 0.25) is 0 Å². The van der Waals surface area contributed by atoms with Gasteiger partial charge in [-0.25, -0.2) is 4.39 Å².